The Bertz CT molecular complexity index is 793. The van der Waals surface area contributed by atoms with E-state index in [1.165, 1.54) is 29.7 Å². The van der Waals surface area contributed by atoms with E-state index in [0.717, 1.165) is 0 Å². The number of hydrogen-bond acceptors (Lipinski definition) is 4. The molecule has 0 radical (unpaired) electrons. The van der Waals surface area contributed by atoms with Crippen molar-refractivity contribution in [1.29, 1.82) is 0 Å². The molecule has 0 aliphatic heterocycles. The van der Waals surface area contributed by atoms with E-state index in [0.29, 0.717) is 21.7 Å². The predicted molar refractivity (Wildman–Crippen MR) is 79.5 cm³/mol. The summed E-state index contributed by atoms with van der Waals surface area (Å²) in [6.07, 6.45) is 6.12. The number of carbonyl (C=O) groups is 1. The summed E-state index contributed by atoms with van der Waals surface area (Å²) in [5.41, 5.74) is 3.21. The van der Waals surface area contributed by atoms with Gasteiger partial charge in [-0.05, 0) is 24.3 Å². The summed E-state index contributed by atoms with van der Waals surface area (Å²) < 4.78 is 13.8. The number of rotatable bonds is 4. The van der Waals surface area contributed by atoms with Crippen molar-refractivity contribution in [2.75, 3.05) is 0 Å². The van der Waals surface area contributed by atoms with Crippen molar-refractivity contribution in [3.63, 3.8) is 0 Å². The second kappa shape index (κ2) is 5.80. The number of aromatic amines is 1. The summed E-state index contributed by atoms with van der Waals surface area (Å²) in [6.45, 7) is 0. The summed E-state index contributed by atoms with van der Waals surface area (Å²) in [4.78, 5) is 16.3. The summed E-state index contributed by atoms with van der Waals surface area (Å²) in [7, 11) is 0. The van der Waals surface area contributed by atoms with Crippen molar-refractivity contribution in [2.45, 2.75) is 0 Å². The Kier molecular flexibility index (Phi) is 3.70. The summed E-state index contributed by atoms with van der Waals surface area (Å²) in [5.74, 6) is -0.483. The number of nitrogens with zero attached hydrogens (tertiary/aromatic N) is 2. The van der Waals surface area contributed by atoms with Gasteiger partial charge in [-0.2, -0.15) is 5.10 Å². The Morgan fingerprint density at radius 1 is 1.29 bits per heavy atom. The molecule has 0 aliphatic rings. The summed E-state index contributed by atoms with van der Waals surface area (Å²) in [5, 5.41) is 6.68. The Labute approximate surface area is 124 Å². The molecule has 3 aromatic rings. The summed E-state index contributed by atoms with van der Waals surface area (Å²) in [6, 6.07) is 6.41. The van der Waals surface area contributed by atoms with Gasteiger partial charge in [-0.1, -0.05) is 12.1 Å². The largest absolute Gasteiger partial charge is 0.288 e. The van der Waals surface area contributed by atoms with Crippen LogP contribution in [0.1, 0.15) is 15.2 Å². The van der Waals surface area contributed by atoms with E-state index in [4.69, 9.17) is 0 Å². The number of hydrogen-bond donors (Lipinski definition) is 1. The van der Waals surface area contributed by atoms with E-state index < -0.39 is 0 Å². The monoisotopic (exact) mass is 299 g/mol. The topological polar surface area (TPSA) is 58.6 Å². The van der Waals surface area contributed by atoms with E-state index in [-0.39, 0.29) is 11.6 Å². The number of benzene rings is 1. The van der Waals surface area contributed by atoms with Gasteiger partial charge in [0.1, 0.15) is 5.82 Å². The molecular weight excluding hydrogens is 289 g/mol. The maximum atomic E-state index is 13.8. The lowest BCUT2D eigenvalue weighted by molar-refractivity contribution is 0.105. The van der Waals surface area contributed by atoms with Gasteiger partial charge in [-0.3, -0.25) is 14.9 Å². The SMILES string of the molecule is O=C(/C=C\c1cn[nH]c1-c1ccccc1F)c1cncs1. The normalized spacial score (nSPS) is 11.1. The first-order valence-electron chi connectivity index (χ1n) is 6.15. The first-order chi connectivity index (χ1) is 10.3. The Balaban J connectivity index is 1.90. The fourth-order valence-electron chi connectivity index (χ4n) is 1.89. The molecule has 0 saturated heterocycles. The van der Waals surface area contributed by atoms with Gasteiger partial charge in [0.25, 0.3) is 0 Å². The first-order valence-corrected chi connectivity index (χ1v) is 7.03. The van der Waals surface area contributed by atoms with Crippen molar-refractivity contribution in [3.05, 3.63) is 64.5 Å². The van der Waals surface area contributed by atoms with Crippen molar-refractivity contribution in [2.24, 2.45) is 0 Å². The van der Waals surface area contributed by atoms with Crippen LogP contribution < -0.4 is 0 Å². The van der Waals surface area contributed by atoms with Gasteiger partial charge in [-0.25, -0.2) is 4.39 Å². The molecule has 6 heteroatoms. The predicted octanol–water partition coefficient (Wildman–Crippen LogP) is 3.57. The van der Waals surface area contributed by atoms with Crippen LogP contribution in [0.4, 0.5) is 4.39 Å². The van der Waals surface area contributed by atoms with Crippen LogP contribution in [-0.4, -0.2) is 21.0 Å². The molecule has 1 aromatic carbocycles. The molecule has 0 bridgehead atoms. The third kappa shape index (κ3) is 2.80. The maximum Gasteiger partial charge on any atom is 0.197 e. The second-order valence-corrected chi connectivity index (χ2v) is 5.13. The molecule has 0 unspecified atom stereocenters. The molecule has 1 N–H and O–H groups in total. The Morgan fingerprint density at radius 3 is 2.90 bits per heavy atom. The van der Waals surface area contributed by atoms with Crippen LogP contribution in [0, 0.1) is 5.82 Å². The number of halogens is 1. The smallest absolute Gasteiger partial charge is 0.197 e. The van der Waals surface area contributed by atoms with Crippen LogP contribution in [0.15, 0.2) is 48.2 Å². The number of carbonyl (C=O) groups excluding carboxylic acids is 1. The van der Waals surface area contributed by atoms with Crippen molar-refractivity contribution < 1.29 is 9.18 Å². The quantitative estimate of drug-likeness (QED) is 0.592. The van der Waals surface area contributed by atoms with Crippen molar-refractivity contribution in [1.82, 2.24) is 15.2 Å². The molecule has 2 aromatic heterocycles. The third-order valence-electron chi connectivity index (χ3n) is 2.90. The fourth-order valence-corrected chi connectivity index (χ4v) is 2.43. The molecule has 0 fully saturated rings. The maximum absolute atomic E-state index is 13.8. The highest BCUT2D eigenvalue weighted by Crippen LogP contribution is 2.24. The Hall–Kier alpha value is -2.60. The number of aromatic nitrogens is 3. The minimum absolute atomic E-state index is 0.141. The highest BCUT2D eigenvalue weighted by Gasteiger charge is 2.10. The van der Waals surface area contributed by atoms with E-state index >= 15 is 0 Å². The zero-order valence-electron chi connectivity index (χ0n) is 10.8. The fraction of sp³-hybridized carbons (Fsp3) is 0. The molecule has 0 saturated carbocycles. The molecular formula is C15H10FN3OS. The van der Waals surface area contributed by atoms with Gasteiger partial charge in [-0.15, -0.1) is 11.3 Å². The molecule has 2 heterocycles. The molecule has 0 amide bonds. The lowest BCUT2D eigenvalue weighted by atomic mass is 10.1. The van der Waals surface area contributed by atoms with Crippen LogP contribution in [0.25, 0.3) is 17.3 Å². The number of allylic oxidation sites excluding steroid dienone is 1. The van der Waals surface area contributed by atoms with Crippen LogP contribution in [0.3, 0.4) is 0 Å². The van der Waals surface area contributed by atoms with Gasteiger partial charge in [0, 0.05) is 17.3 Å². The van der Waals surface area contributed by atoms with E-state index in [1.807, 2.05) is 0 Å². The molecule has 21 heavy (non-hydrogen) atoms. The highest BCUT2D eigenvalue weighted by molar-refractivity contribution is 7.11. The van der Waals surface area contributed by atoms with E-state index in [1.54, 1.807) is 36.0 Å². The summed E-state index contributed by atoms with van der Waals surface area (Å²) >= 11 is 1.28. The van der Waals surface area contributed by atoms with Crippen LogP contribution >= 0.6 is 11.3 Å². The zero-order chi connectivity index (χ0) is 14.7. The zero-order valence-corrected chi connectivity index (χ0v) is 11.6. The molecule has 0 atom stereocenters. The van der Waals surface area contributed by atoms with E-state index in [2.05, 4.69) is 15.2 Å². The van der Waals surface area contributed by atoms with Gasteiger partial charge in [0.2, 0.25) is 0 Å². The average Bonchev–Trinajstić information content (AvgIpc) is 3.17. The van der Waals surface area contributed by atoms with Crippen molar-refractivity contribution >= 4 is 23.2 Å². The minimum Gasteiger partial charge on any atom is -0.288 e. The van der Waals surface area contributed by atoms with Gasteiger partial charge in [0.15, 0.2) is 5.78 Å². The minimum atomic E-state index is -0.342. The van der Waals surface area contributed by atoms with Gasteiger partial charge < -0.3 is 0 Å². The standard InChI is InChI=1S/C15H10FN3OS/c16-12-4-2-1-3-11(12)15-10(7-18-19-15)5-6-13(20)14-8-17-9-21-14/h1-9H,(H,18,19)/b6-5-. The highest BCUT2D eigenvalue weighted by atomic mass is 32.1. The molecule has 3 rings (SSSR count). The lowest BCUT2D eigenvalue weighted by Gasteiger charge is -2.01. The van der Waals surface area contributed by atoms with Crippen LogP contribution in [0.2, 0.25) is 0 Å². The van der Waals surface area contributed by atoms with Crippen LogP contribution in [-0.2, 0) is 0 Å². The first kappa shape index (κ1) is 13.4. The number of nitrogens with one attached hydrogen (secondary N) is 1. The molecule has 104 valence electrons. The number of ketones is 1. The Morgan fingerprint density at radius 2 is 2.14 bits per heavy atom. The van der Waals surface area contributed by atoms with Crippen LogP contribution in [0.5, 0.6) is 0 Å². The van der Waals surface area contributed by atoms with Crippen molar-refractivity contribution in [3.8, 4) is 11.3 Å². The number of H-pyrrole nitrogens is 1. The average molecular weight is 299 g/mol. The number of thiazole rings is 1. The molecule has 0 aliphatic carbocycles. The van der Waals surface area contributed by atoms with Gasteiger partial charge in [0.05, 0.1) is 22.3 Å². The van der Waals surface area contributed by atoms with Gasteiger partial charge >= 0.3 is 0 Å². The van der Waals surface area contributed by atoms with E-state index in [9.17, 15) is 9.18 Å². The third-order valence-corrected chi connectivity index (χ3v) is 3.69. The second-order valence-electron chi connectivity index (χ2n) is 4.24. The molecule has 0 spiro atoms. The molecule has 4 nitrogen and oxygen atoms in total. The lowest BCUT2D eigenvalue weighted by Crippen LogP contribution is -1.90.